The van der Waals surface area contributed by atoms with Crippen LogP contribution in [-0.2, 0) is 36.8 Å². The standard InChI is InChI=1S/C23H21N3O4S.C18H21N3O4S.C18H19N3O4S.C17H19N3O4S.C17H17N3O4S/c1-15-20(17-6-4-3-5-7-17)30-22(24-15)26(2)12-13-29-18-10-8-16(9-11-18)14-19-21(27)25-23(28)31-19;2*1-11-12(2)25-17(19-11)21(3)8-9-24-14-6-4-13(5-7-14)10-15-16(22)20-18(23)26-15;2*1-11-10-24-16(18-11)20(2)7-8-23-13-5-3-12(4-6-13)9-14-15(21)19-17(22)25-14/h3-11,14H,12-13H2,1-2H3,(H,25,27,28);4-7,15H,8-10H2,1-3H3,(H,20,22,23);4-7,10H,8-9H2,1-3H3,(H,20,22,23);3-6,10,14H,7-9H2,1-2H3,(H,19,21,22);3-6,9-10H,7-8H2,1-2H3,(H,19,21,22)/b19-14+;;15-10+;;14-9+. The quantitative estimate of drug-likeness (QED) is 0.0238. The first-order chi connectivity index (χ1) is 63.8. The van der Waals surface area contributed by atoms with Gasteiger partial charge in [-0.05, 0) is 203 Å². The zero-order valence-corrected chi connectivity index (χ0v) is 78.7. The zero-order valence-electron chi connectivity index (χ0n) is 74.6. The van der Waals surface area contributed by atoms with Crippen molar-refractivity contribution in [3.63, 3.8) is 0 Å². The van der Waals surface area contributed by atoms with Gasteiger partial charge in [0.2, 0.25) is 11.8 Å². The smallest absolute Gasteiger partial charge is 0.297 e. The van der Waals surface area contributed by atoms with E-state index in [1.807, 2.05) is 260 Å². The molecule has 10 amide bonds. The second kappa shape index (κ2) is 47.2. The van der Waals surface area contributed by atoms with Gasteiger partial charge in [0, 0.05) is 40.8 Å². The Bertz CT molecular complexity index is 6000. The van der Waals surface area contributed by atoms with Crippen LogP contribution in [-0.4, -0.2) is 192 Å². The van der Waals surface area contributed by atoms with Gasteiger partial charge in [0.05, 0.1) is 86.4 Å². The number of likely N-dealkylation sites (N-methyl/N-ethyl adjacent to an activating group) is 5. The maximum absolute atomic E-state index is 11.6. The Morgan fingerprint density at radius 1 is 0.338 bits per heavy atom. The minimum Gasteiger partial charge on any atom is -0.492 e. The zero-order chi connectivity index (χ0) is 94.8. The third-order valence-corrected chi connectivity index (χ3v) is 24.3. The molecule has 5 saturated heterocycles. The molecule has 16 rings (SSSR count). The summed E-state index contributed by atoms with van der Waals surface area (Å²) in [6, 6.07) is 49.8. The molecule has 11 aromatic rings. The van der Waals surface area contributed by atoms with Crippen LogP contribution >= 0.6 is 58.8 Å². The van der Waals surface area contributed by atoms with Crippen LogP contribution in [0.1, 0.15) is 67.8 Å². The molecule has 5 aliphatic heterocycles. The fraction of sp³-hybridized carbons (Fsp3) is 0.280. The van der Waals surface area contributed by atoms with Crippen molar-refractivity contribution in [2.45, 2.75) is 71.8 Å². The maximum Gasteiger partial charge on any atom is 0.297 e. The van der Waals surface area contributed by atoms with E-state index in [2.05, 4.69) is 51.5 Å². The van der Waals surface area contributed by atoms with Crippen molar-refractivity contribution in [1.82, 2.24) is 51.5 Å². The first-order valence-corrected chi connectivity index (χ1v) is 45.8. The molecule has 0 radical (unpaired) electrons. The predicted molar refractivity (Wildman–Crippen MR) is 512 cm³/mol. The Labute approximate surface area is 787 Å². The van der Waals surface area contributed by atoms with Crippen molar-refractivity contribution in [2.24, 2.45) is 0 Å². The highest BCUT2D eigenvalue weighted by Gasteiger charge is 2.34. The number of nitrogens with zero attached hydrogens (tertiary/aromatic N) is 10. The molecule has 10 heterocycles. The normalized spacial score (nSPS) is 15.8. The number of anilines is 5. The lowest BCUT2D eigenvalue weighted by Crippen LogP contribution is -2.25. The van der Waals surface area contributed by atoms with Gasteiger partial charge < -0.3 is 70.3 Å². The minimum atomic E-state index is -0.365. The summed E-state index contributed by atoms with van der Waals surface area (Å²) in [4.78, 5) is 146. The third-order valence-electron chi connectivity index (χ3n) is 19.9. The number of thioether (sulfide) groups is 5. The van der Waals surface area contributed by atoms with Crippen LogP contribution in [0.3, 0.4) is 0 Å². The molecule has 2 unspecified atom stereocenters. The number of imide groups is 5. The fourth-order valence-electron chi connectivity index (χ4n) is 12.3. The Balaban J connectivity index is 0.000000150. The van der Waals surface area contributed by atoms with Crippen molar-refractivity contribution in [1.29, 1.82) is 0 Å². The van der Waals surface area contributed by atoms with Crippen LogP contribution in [0.2, 0.25) is 0 Å². The lowest BCUT2D eigenvalue weighted by atomic mass is 10.1. The van der Waals surface area contributed by atoms with Gasteiger partial charge in [-0.25, -0.2) is 0 Å². The number of aromatic nitrogens is 5. The summed E-state index contributed by atoms with van der Waals surface area (Å²) in [5.41, 5.74) is 9.74. The van der Waals surface area contributed by atoms with E-state index in [1.165, 1.54) is 0 Å². The third kappa shape index (κ3) is 29.5. The van der Waals surface area contributed by atoms with E-state index in [9.17, 15) is 47.9 Å². The van der Waals surface area contributed by atoms with E-state index in [-0.39, 0.29) is 66.2 Å². The van der Waals surface area contributed by atoms with Gasteiger partial charge in [-0.2, -0.15) is 24.9 Å². The summed E-state index contributed by atoms with van der Waals surface area (Å²) in [5.74, 6) is 4.53. The van der Waals surface area contributed by atoms with Gasteiger partial charge in [-0.15, -0.1) is 0 Å². The van der Waals surface area contributed by atoms with E-state index in [0.29, 0.717) is 129 Å². The number of carbonyl (C=O) groups excluding carboxylic acids is 10. The van der Waals surface area contributed by atoms with Gasteiger partial charge in [0.15, 0.2) is 5.76 Å². The molecule has 2 atom stereocenters. The van der Waals surface area contributed by atoms with Gasteiger partial charge in [-0.3, -0.25) is 74.5 Å². The molecule has 0 saturated carbocycles. The number of hydrogen-bond acceptors (Lipinski definition) is 35. The maximum atomic E-state index is 11.6. The molecular formula is C93H97N15O20S5. The number of benzene rings is 6. The van der Waals surface area contributed by atoms with Crippen LogP contribution in [0, 0.1) is 48.5 Å². The summed E-state index contributed by atoms with van der Waals surface area (Å²) in [5, 5.41) is 8.99. The SMILES string of the molecule is Cc1coc(N(C)CCOc2ccc(/C=C3/SC(=O)NC3=O)cc2)n1.Cc1coc(N(C)CCOc2ccc(CC3SC(=O)NC3=O)cc2)n1.Cc1nc(N(C)CCOc2ccc(/C=C3/SC(=O)NC3=O)cc2)oc1-c1ccccc1.Cc1nc(N(C)CCOc2ccc(/C=C3/SC(=O)NC3=O)cc2)oc1C.Cc1nc(N(C)CCOc2ccc(CC3SC(=O)NC3=O)cc2)oc1C. The molecule has 35 nitrogen and oxygen atoms in total. The summed E-state index contributed by atoms with van der Waals surface area (Å²) >= 11 is 4.78. The highest BCUT2D eigenvalue weighted by Crippen LogP contribution is 2.34. The Morgan fingerprint density at radius 3 is 0.895 bits per heavy atom. The average molecular weight is 1910 g/mol. The van der Waals surface area contributed by atoms with Gasteiger partial charge >= 0.3 is 0 Å². The van der Waals surface area contributed by atoms with Crippen molar-refractivity contribution in [3.05, 3.63) is 247 Å². The molecule has 0 aliphatic carbocycles. The number of amides is 10. The molecule has 0 spiro atoms. The van der Waals surface area contributed by atoms with Crippen molar-refractivity contribution in [2.75, 3.05) is 125 Å². The molecule has 133 heavy (non-hydrogen) atoms. The number of ether oxygens (including phenoxy) is 5. The predicted octanol–water partition coefficient (Wildman–Crippen LogP) is 15.5. The summed E-state index contributed by atoms with van der Waals surface area (Å²) in [7, 11) is 9.49. The largest absolute Gasteiger partial charge is 0.492 e. The molecule has 5 N–H and O–H groups in total. The van der Waals surface area contributed by atoms with Crippen molar-refractivity contribution < 1.29 is 93.7 Å². The molecule has 6 aromatic carbocycles. The highest BCUT2D eigenvalue weighted by atomic mass is 32.2. The second-order valence-electron chi connectivity index (χ2n) is 30.2. The summed E-state index contributed by atoms with van der Waals surface area (Å²) in [6.45, 7) is 18.8. The number of oxazole rings is 5. The van der Waals surface area contributed by atoms with Gasteiger partial charge in [0.1, 0.15) is 85.8 Å². The Kier molecular flexibility index (Phi) is 34.8. The van der Waals surface area contributed by atoms with E-state index in [4.69, 9.17) is 45.8 Å². The van der Waals surface area contributed by atoms with Crippen LogP contribution in [0.4, 0.5) is 54.0 Å². The molecule has 5 aliphatic rings. The molecular weight excluding hydrogens is 1810 g/mol. The first-order valence-electron chi connectivity index (χ1n) is 41.6. The number of nitrogens with one attached hydrogen (secondary N) is 5. The number of hydrogen-bond donors (Lipinski definition) is 5. The van der Waals surface area contributed by atoms with E-state index in [1.54, 1.807) is 30.8 Å². The van der Waals surface area contributed by atoms with Crippen molar-refractivity contribution >= 4 is 163 Å². The topological polar surface area (TPSA) is 423 Å². The molecule has 0 bridgehead atoms. The van der Waals surface area contributed by atoms with E-state index < -0.39 is 0 Å². The van der Waals surface area contributed by atoms with Crippen molar-refractivity contribution in [3.8, 4) is 40.1 Å². The van der Waals surface area contributed by atoms with Gasteiger partial charge in [-0.1, -0.05) is 115 Å². The first kappa shape index (κ1) is 98.1. The molecule has 5 aromatic heterocycles. The Morgan fingerprint density at radius 2 is 0.632 bits per heavy atom. The summed E-state index contributed by atoms with van der Waals surface area (Å²) in [6.07, 6.45) is 9.29. The number of aryl methyl sites for hydroxylation is 7. The van der Waals surface area contributed by atoms with E-state index >= 15 is 0 Å². The van der Waals surface area contributed by atoms with E-state index in [0.717, 1.165) is 161 Å². The summed E-state index contributed by atoms with van der Waals surface area (Å²) < 4.78 is 56.4. The van der Waals surface area contributed by atoms with Gasteiger partial charge in [0.25, 0.3) is 74.0 Å². The van der Waals surface area contributed by atoms with Crippen LogP contribution < -0.4 is 74.8 Å². The lowest BCUT2D eigenvalue weighted by molar-refractivity contribution is -0.119. The lowest BCUT2D eigenvalue weighted by Gasteiger charge is -2.15. The molecule has 694 valence electrons. The van der Waals surface area contributed by atoms with Crippen LogP contribution in [0.25, 0.3) is 29.6 Å². The fourth-order valence-corrected chi connectivity index (χ4v) is 16.0. The number of rotatable bonds is 33. The molecule has 5 fully saturated rings. The van der Waals surface area contributed by atoms with Crippen LogP contribution in [0.15, 0.2) is 201 Å². The van der Waals surface area contributed by atoms with Crippen LogP contribution in [0.5, 0.6) is 28.7 Å². The minimum absolute atomic E-state index is 0.222. The molecule has 40 heteroatoms. The number of carbonyl (C=O) groups is 10. The average Bonchev–Trinajstić information content (AvgIpc) is 2.19. The Hall–Kier alpha value is -14.0. The monoisotopic (exact) mass is 1900 g/mol. The highest BCUT2D eigenvalue weighted by molar-refractivity contribution is 8.19. The second-order valence-corrected chi connectivity index (χ2v) is 35.6.